The highest BCUT2D eigenvalue weighted by molar-refractivity contribution is 7.90. The van der Waals surface area contributed by atoms with Crippen LogP contribution >= 0.6 is 0 Å². The Morgan fingerprint density at radius 3 is 2.35 bits per heavy atom. The van der Waals surface area contributed by atoms with Crippen molar-refractivity contribution in [1.82, 2.24) is 9.29 Å². The monoisotopic (exact) mass is 395 g/mol. The number of nitrogens with zero attached hydrogens (tertiary/aromatic N) is 2. The number of hydrogen-bond acceptors (Lipinski definition) is 5. The zero-order valence-electron chi connectivity index (χ0n) is 14.6. The van der Waals surface area contributed by atoms with Crippen molar-refractivity contribution in [2.24, 2.45) is 0 Å². The van der Waals surface area contributed by atoms with E-state index in [1.807, 2.05) is 0 Å². The quantitative estimate of drug-likeness (QED) is 0.847. The van der Waals surface area contributed by atoms with Crippen molar-refractivity contribution in [3.05, 3.63) is 53.2 Å². The van der Waals surface area contributed by atoms with Gasteiger partial charge in [-0.3, -0.25) is 4.72 Å². The van der Waals surface area contributed by atoms with Gasteiger partial charge in [0.25, 0.3) is 0 Å². The van der Waals surface area contributed by atoms with E-state index in [0.29, 0.717) is 19.4 Å². The molecule has 7 nitrogen and oxygen atoms in total. The van der Waals surface area contributed by atoms with Crippen LogP contribution in [0.4, 0.5) is 5.82 Å². The fourth-order valence-corrected chi connectivity index (χ4v) is 4.79. The summed E-state index contributed by atoms with van der Waals surface area (Å²) in [6.07, 6.45) is 2.16. The van der Waals surface area contributed by atoms with Gasteiger partial charge in [-0.2, -0.15) is 12.7 Å². The van der Waals surface area contributed by atoms with E-state index >= 15 is 0 Å². The van der Waals surface area contributed by atoms with Gasteiger partial charge >= 0.3 is 10.2 Å². The summed E-state index contributed by atoms with van der Waals surface area (Å²) in [5.41, 5.74) is 2.57. The molecular weight excluding hydrogens is 374 g/mol. The summed E-state index contributed by atoms with van der Waals surface area (Å²) >= 11 is 0. The third kappa shape index (κ3) is 4.22. The molecule has 0 fully saturated rings. The Hall–Kier alpha value is -1.97. The lowest BCUT2D eigenvalue weighted by Gasteiger charge is -2.20. The third-order valence-electron chi connectivity index (χ3n) is 4.33. The molecule has 0 atom stereocenters. The van der Waals surface area contributed by atoms with Crippen LogP contribution < -0.4 is 4.72 Å². The highest BCUT2D eigenvalue weighted by Crippen LogP contribution is 2.22. The Morgan fingerprint density at radius 2 is 1.69 bits per heavy atom. The van der Waals surface area contributed by atoms with Crippen LogP contribution in [0.1, 0.15) is 16.8 Å². The zero-order chi connectivity index (χ0) is 18.9. The molecule has 140 valence electrons. The summed E-state index contributed by atoms with van der Waals surface area (Å²) in [7, 11) is -7.02. The number of aryl methyl sites for hydroxylation is 1. The first-order valence-corrected chi connectivity index (χ1v) is 11.5. The van der Waals surface area contributed by atoms with Crippen molar-refractivity contribution in [2.75, 3.05) is 24.1 Å². The summed E-state index contributed by atoms with van der Waals surface area (Å²) in [5.74, 6) is 0.283. The summed E-state index contributed by atoms with van der Waals surface area (Å²) in [6.45, 7) is 2.40. The van der Waals surface area contributed by atoms with E-state index in [1.165, 1.54) is 10.6 Å². The van der Waals surface area contributed by atoms with Crippen LogP contribution in [-0.2, 0) is 32.9 Å². The molecular formula is C17H21N3O4S2. The predicted octanol–water partition coefficient (Wildman–Crippen LogP) is 1.55. The zero-order valence-corrected chi connectivity index (χ0v) is 16.3. The fraction of sp³-hybridized carbons (Fsp3) is 0.353. The van der Waals surface area contributed by atoms with Crippen molar-refractivity contribution in [3.8, 4) is 0 Å². The molecule has 0 saturated heterocycles. The van der Waals surface area contributed by atoms with Gasteiger partial charge in [0.2, 0.25) is 0 Å². The molecule has 1 aliphatic rings. The van der Waals surface area contributed by atoms with Crippen LogP contribution in [0.3, 0.4) is 0 Å². The van der Waals surface area contributed by atoms with Gasteiger partial charge in [-0.25, -0.2) is 13.4 Å². The number of sulfone groups is 1. The average molecular weight is 396 g/mol. The van der Waals surface area contributed by atoms with Crippen molar-refractivity contribution in [3.63, 3.8) is 0 Å². The molecule has 0 amide bonds. The SMILES string of the molecule is Cc1cccc(NS(=O)(=O)N2CCc3ccc(S(C)(=O)=O)cc3CC2)n1. The molecule has 0 unspecified atom stereocenters. The van der Waals surface area contributed by atoms with Gasteiger partial charge in [0, 0.05) is 25.0 Å². The molecule has 0 aliphatic carbocycles. The lowest BCUT2D eigenvalue weighted by molar-refractivity contribution is 0.430. The topological polar surface area (TPSA) is 96.4 Å². The molecule has 1 aromatic heterocycles. The van der Waals surface area contributed by atoms with Crippen LogP contribution in [0.5, 0.6) is 0 Å². The maximum Gasteiger partial charge on any atom is 0.302 e. The summed E-state index contributed by atoms with van der Waals surface area (Å²) in [6, 6.07) is 10.1. The van der Waals surface area contributed by atoms with Crippen LogP contribution in [0.15, 0.2) is 41.3 Å². The van der Waals surface area contributed by atoms with E-state index in [4.69, 9.17) is 0 Å². The lowest BCUT2D eigenvalue weighted by atomic mass is 10.0. The Kier molecular flexibility index (Phi) is 5.05. The van der Waals surface area contributed by atoms with Crippen LogP contribution in [0, 0.1) is 6.92 Å². The van der Waals surface area contributed by atoms with E-state index in [2.05, 4.69) is 9.71 Å². The summed E-state index contributed by atoms with van der Waals surface area (Å²) in [4.78, 5) is 4.43. The minimum absolute atomic E-state index is 0.259. The third-order valence-corrected chi connectivity index (χ3v) is 6.95. The molecule has 1 aliphatic heterocycles. The molecule has 2 heterocycles. The Morgan fingerprint density at radius 1 is 1.00 bits per heavy atom. The largest absolute Gasteiger partial charge is 0.302 e. The number of rotatable bonds is 4. The summed E-state index contributed by atoms with van der Waals surface area (Å²) < 4.78 is 52.7. The molecule has 9 heteroatoms. The maximum atomic E-state index is 12.7. The van der Waals surface area contributed by atoms with Crippen molar-refractivity contribution < 1.29 is 16.8 Å². The van der Waals surface area contributed by atoms with Gasteiger partial charge in [-0.15, -0.1) is 0 Å². The molecule has 0 bridgehead atoms. The van der Waals surface area contributed by atoms with Gasteiger partial charge in [0.1, 0.15) is 5.82 Å². The maximum absolute atomic E-state index is 12.7. The normalized spacial score (nSPS) is 15.9. The minimum Gasteiger partial charge on any atom is -0.254 e. The number of benzene rings is 1. The van der Waals surface area contributed by atoms with Gasteiger partial charge in [0.05, 0.1) is 4.90 Å². The lowest BCUT2D eigenvalue weighted by Crippen LogP contribution is -2.37. The van der Waals surface area contributed by atoms with Crippen molar-refractivity contribution >= 4 is 25.9 Å². The second-order valence-corrected chi connectivity index (χ2v) is 10.1. The smallest absolute Gasteiger partial charge is 0.254 e. The second kappa shape index (κ2) is 6.98. The van der Waals surface area contributed by atoms with E-state index in [0.717, 1.165) is 16.8 Å². The fourth-order valence-electron chi connectivity index (χ4n) is 2.95. The molecule has 2 aromatic rings. The number of nitrogens with one attached hydrogen (secondary N) is 1. The van der Waals surface area contributed by atoms with Gasteiger partial charge < -0.3 is 0 Å². The van der Waals surface area contributed by atoms with Crippen LogP contribution in [-0.4, -0.2) is 45.5 Å². The van der Waals surface area contributed by atoms with Crippen molar-refractivity contribution in [2.45, 2.75) is 24.7 Å². The molecule has 0 radical (unpaired) electrons. The highest BCUT2D eigenvalue weighted by Gasteiger charge is 2.25. The number of fused-ring (bicyclic) bond motifs is 1. The first-order chi connectivity index (χ1) is 12.1. The molecule has 1 aromatic carbocycles. The molecule has 26 heavy (non-hydrogen) atoms. The molecule has 0 saturated carbocycles. The van der Waals surface area contributed by atoms with E-state index in [9.17, 15) is 16.8 Å². The predicted molar refractivity (Wildman–Crippen MR) is 100 cm³/mol. The average Bonchev–Trinajstić information content (AvgIpc) is 2.76. The van der Waals surface area contributed by atoms with Gasteiger partial charge in [-0.1, -0.05) is 12.1 Å². The van der Waals surface area contributed by atoms with Crippen molar-refractivity contribution in [1.29, 1.82) is 0 Å². The first kappa shape index (κ1) is 18.8. The first-order valence-electron chi connectivity index (χ1n) is 8.18. The van der Waals surface area contributed by atoms with Gasteiger partial charge in [-0.05, 0) is 55.2 Å². The number of aromatic nitrogens is 1. The summed E-state index contributed by atoms with van der Waals surface area (Å²) in [5, 5.41) is 0. The number of hydrogen-bond donors (Lipinski definition) is 1. The Balaban J connectivity index is 1.80. The van der Waals surface area contributed by atoms with E-state index in [1.54, 1.807) is 43.3 Å². The molecule has 3 rings (SSSR count). The second-order valence-electron chi connectivity index (χ2n) is 6.37. The minimum atomic E-state index is -3.73. The Labute approximate surface area is 154 Å². The number of anilines is 1. The van der Waals surface area contributed by atoms with Crippen LogP contribution in [0.2, 0.25) is 0 Å². The van der Waals surface area contributed by atoms with Crippen LogP contribution in [0.25, 0.3) is 0 Å². The molecule has 0 spiro atoms. The Bertz CT molecular complexity index is 1030. The van der Waals surface area contributed by atoms with Gasteiger partial charge in [0.15, 0.2) is 9.84 Å². The van der Waals surface area contributed by atoms with E-state index < -0.39 is 20.0 Å². The highest BCUT2D eigenvalue weighted by atomic mass is 32.2. The van der Waals surface area contributed by atoms with E-state index in [-0.39, 0.29) is 17.3 Å². The molecule has 1 N–H and O–H groups in total. The number of pyridine rings is 1. The standard InChI is InChI=1S/C17H21N3O4S2/c1-13-4-3-5-17(18-13)19-26(23,24)20-10-8-14-6-7-16(25(2,21)22)12-15(14)9-11-20/h3-7,12H,8-11H2,1-2H3,(H,18,19).